The van der Waals surface area contributed by atoms with E-state index in [9.17, 15) is 0 Å². The third kappa shape index (κ3) is 4.06. The normalized spacial score (nSPS) is 10.7. The molecule has 0 fully saturated rings. The van der Waals surface area contributed by atoms with Crippen LogP contribution in [0, 0.1) is 6.92 Å². The molecule has 0 aliphatic carbocycles. The Bertz CT molecular complexity index is 519. The Balaban J connectivity index is 2.02. The summed E-state index contributed by atoms with van der Waals surface area (Å²) in [4.78, 5) is 2.65. The number of para-hydroxylation sites is 1. The van der Waals surface area contributed by atoms with E-state index in [1.165, 1.54) is 19.8 Å². The van der Waals surface area contributed by atoms with Crippen LogP contribution in [-0.4, -0.2) is 6.61 Å². The summed E-state index contributed by atoms with van der Waals surface area (Å²) in [6.45, 7) is 6.39. The number of hydrogen-bond donors (Lipinski definition) is 1. The molecule has 0 bridgehead atoms. The van der Waals surface area contributed by atoms with Crippen molar-refractivity contribution in [2.24, 2.45) is 0 Å². The van der Waals surface area contributed by atoms with Crippen molar-refractivity contribution in [3.8, 4) is 0 Å². The molecule has 0 aliphatic rings. The lowest BCUT2D eigenvalue weighted by Gasteiger charge is -2.11. The Hall–Kier alpha value is -0.840. The van der Waals surface area contributed by atoms with Crippen LogP contribution < -0.4 is 5.32 Å². The van der Waals surface area contributed by atoms with Crippen molar-refractivity contribution in [2.45, 2.75) is 27.0 Å². The van der Waals surface area contributed by atoms with Gasteiger partial charge in [0.15, 0.2) is 0 Å². The van der Waals surface area contributed by atoms with Gasteiger partial charge in [0.05, 0.1) is 6.61 Å². The first-order valence-corrected chi connectivity index (χ1v) is 7.96. The maximum atomic E-state index is 5.49. The van der Waals surface area contributed by atoms with Crippen LogP contribution in [-0.2, 0) is 17.9 Å². The van der Waals surface area contributed by atoms with Crippen molar-refractivity contribution < 1.29 is 4.74 Å². The van der Waals surface area contributed by atoms with Crippen LogP contribution in [0.3, 0.4) is 0 Å². The Morgan fingerprint density at radius 1 is 1.32 bits per heavy atom. The Morgan fingerprint density at radius 3 is 2.79 bits per heavy atom. The molecule has 2 aromatic rings. The lowest BCUT2D eigenvalue weighted by Crippen LogP contribution is -2.02. The molecule has 1 aromatic carbocycles. The van der Waals surface area contributed by atoms with Crippen LogP contribution in [0.2, 0.25) is 0 Å². The average molecular weight is 340 g/mol. The maximum Gasteiger partial charge on any atom is 0.0736 e. The molecular formula is C15H18BrNOS. The minimum Gasteiger partial charge on any atom is -0.380 e. The van der Waals surface area contributed by atoms with Crippen molar-refractivity contribution in [3.05, 3.63) is 50.1 Å². The molecular weight excluding hydrogens is 322 g/mol. The van der Waals surface area contributed by atoms with Gasteiger partial charge in [-0.05, 0) is 41.9 Å². The van der Waals surface area contributed by atoms with Gasteiger partial charge in [-0.1, -0.05) is 18.2 Å². The number of aryl methyl sites for hydroxylation is 1. The van der Waals surface area contributed by atoms with Crippen molar-refractivity contribution in [2.75, 3.05) is 11.9 Å². The quantitative estimate of drug-likeness (QED) is 0.802. The molecule has 4 heteroatoms. The smallest absolute Gasteiger partial charge is 0.0736 e. The summed E-state index contributed by atoms with van der Waals surface area (Å²) < 4.78 is 6.68. The largest absolute Gasteiger partial charge is 0.380 e. The van der Waals surface area contributed by atoms with Gasteiger partial charge in [0, 0.05) is 38.6 Å². The summed E-state index contributed by atoms with van der Waals surface area (Å²) in [5, 5.41) is 3.49. The third-order valence-corrected chi connectivity index (χ3v) is 4.98. The highest BCUT2D eigenvalue weighted by atomic mass is 79.9. The zero-order chi connectivity index (χ0) is 13.7. The second-order valence-corrected chi connectivity index (χ2v) is 6.46. The molecule has 19 heavy (non-hydrogen) atoms. The fraction of sp³-hybridized carbons (Fsp3) is 0.333. The molecule has 0 saturated heterocycles. The topological polar surface area (TPSA) is 21.3 Å². The molecule has 0 atom stereocenters. The van der Waals surface area contributed by atoms with Crippen molar-refractivity contribution >= 4 is 33.0 Å². The molecule has 0 spiro atoms. The number of thiophene rings is 1. The van der Waals surface area contributed by atoms with Crippen molar-refractivity contribution in [3.63, 3.8) is 0 Å². The minimum atomic E-state index is 0.660. The third-order valence-electron chi connectivity index (χ3n) is 2.84. The van der Waals surface area contributed by atoms with Gasteiger partial charge in [-0.15, -0.1) is 11.3 Å². The lowest BCUT2D eigenvalue weighted by molar-refractivity contribution is 0.134. The van der Waals surface area contributed by atoms with E-state index in [2.05, 4.69) is 46.4 Å². The van der Waals surface area contributed by atoms with Crippen LogP contribution in [0.15, 0.2) is 34.8 Å². The van der Waals surface area contributed by atoms with E-state index >= 15 is 0 Å². The van der Waals surface area contributed by atoms with E-state index in [1.54, 1.807) is 0 Å². The number of hydrogen-bond acceptors (Lipinski definition) is 3. The Morgan fingerprint density at radius 2 is 2.11 bits per heavy atom. The fourth-order valence-electron chi connectivity index (χ4n) is 1.82. The number of benzene rings is 1. The van der Waals surface area contributed by atoms with Crippen LogP contribution >= 0.6 is 27.3 Å². The first-order valence-electron chi connectivity index (χ1n) is 6.35. The fourth-order valence-corrected chi connectivity index (χ4v) is 3.36. The molecule has 0 aliphatic heterocycles. The summed E-state index contributed by atoms with van der Waals surface area (Å²) in [6, 6.07) is 10.5. The number of halogens is 1. The van der Waals surface area contributed by atoms with E-state index in [-0.39, 0.29) is 0 Å². The zero-order valence-corrected chi connectivity index (χ0v) is 13.6. The summed E-state index contributed by atoms with van der Waals surface area (Å²) in [5.41, 5.74) is 2.36. The molecule has 1 aromatic heterocycles. The lowest BCUT2D eigenvalue weighted by atomic mass is 10.2. The monoisotopic (exact) mass is 339 g/mol. The predicted octanol–water partition coefficient (Wildman–Crippen LogP) is 4.97. The van der Waals surface area contributed by atoms with E-state index < -0.39 is 0 Å². The minimum absolute atomic E-state index is 0.660. The second kappa shape index (κ2) is 7.08. The number of rotatable bonds is 6. The highest BCUT2D eigenvalue weighted by Gasteiger charge is 2.05. The Kier molecular flexibility index (Phi) is 5.43. The van der Waals surface area contributed by atoms with Crippen LogP contribution in [0.5, 0.6) is 0 Å². The molecule has 1 N–H and O–H groups in total. The first kappa shape index (κ1) is 14.6. The van der Waals surface area contributed by atoms with Gasteiger partial charge < -0.3 is 10.1 Å². The van der Waals surface area contributed by atoms with Crippen LogP contribution in [0.1, 0.15) is 22.2 Å². The van der Waals surface area contributed by atoms with Gasteiger partial charge in [0.1, 0.15) is 0 Å². The van der Waals surface area contributed by atoms with Gasteiger partial charge in [-0.2, -0.15) is 0 Å². The molecule has 0 unspecified atom stereocenters. The van der Waals surface area contributed by atoms with Crippen molar-refractivity contribution in [1.82, 2.24) is 0 Å². The molecule has 102 valence electrons. The van der Waals surface area contributed by atoms with Crippen LogP contribution in [0.4, 0.5) is 5.69 Å². The number of anilines is 1. The molecule has 0 radical (unpaired) electrons. The summed E-state index contributed by atoms with van der Waals surface area (Å²) in [5.74, 6) is 0. The Labute approximate surface area is 126 Å². The van der Waals surface area contributed by atoms with Gasteiger partial charge >= 0.3 is 0 Å². The van der Waals surface area contributed by atoms with Gasteiger partial charge in [-0.25, -0.2) is 0 Å². The second-order valence-electron chi connectivity index (χ2n) is 4.26. The highest BCUT2D eigenvalue weighted by Crippen LogP contribution is 2.27. The summed E-state index contributed by atoms with van der Waals surface area (Å²) in [6.07, 6.45) is 0. The van der Waals surface area contributed by atoms with Gasteiger partial charge in [0.2, 0.25) is 0 Å². The molecule has 0 saturated carbocycles. The predicted molar refractivity (Wildman–Crippen MR) is 85.9 cm³/mol. The van der Waals surface area contributed by atoms with Gasteiger partial charge in [-0.3, -0.25) is 0 Å². The van der Waals surface area contributed by atoms with E-state index in [0.29, 0.717) is 6.61 Å². The first-order chi connectivity index (χ1) is 9.20. The van der Waals surface area contributed by atoms with E-state index in [4.69, 9.17) is 4.74 Å². The average Bonchev–Trinajstić information content (AvgIpc) is 2.74. The number of ether oxygens (including phenoxy) is 1. The summed E-state index contributed by atoms with van der Waals surface area (Å²) in [7, 11) is 0. The van der Waals surface area contributed by atoms with Crippen LogP contribution in [0.25, 0.3) is 0 Å². The standard InChI is InChI=1S/C15H18BrNOS/c1-3-18-10-12-6-4-5-7-15(12)17-9-13-8-14(16)11(2)19-13/h4-8,17H,3,9-10H2,1-2H3. The molecule has 1 heterocycles. The molecule has 2 nitrogen and oxygen atoms in total. The van der Waals surface area contributed by atoms with E-state index in [1.807, 2.05) is 30.4 Å². The highest BCUT2D eigenvalue weighted by molar-refractivity contribution is 9.10. The van der Waals surface area contributed by atoms with E-state index in [0.717, 1.165) is 18.8 Å². The number of nitrogens with one attached hydrogen (secondary N) is 1. The van der Waals surface area contributed by atoms with Crippen molar-refractivity contribution in [1.29, 1.82) is 0 Å². The van der Waals surface area contributed by atoms with Gasteiger partial charge in [0.25, 0.3) is 0 Å². The zero-order valence-electron chi connectivity index (χ0n) is 11.2. The molecule has 0 amide bonds. The SMILES string of the molecule is CCOCc1ccccc1NCc1cc(Br)c(C)s1. The summed E-state index contributed by atoms with van der Waals surface area (Å²) >= 11 is 5.37. The molecule has 2 rings (SSSR count). The maximum absolute atomic E-state index is 5.49.